The maximum Gasteiger partial charge on any atom is 0.307 e. The molecule has 0 aromatic heterocycles. The lowest BCUT2D eigenvalue weighted by molar-refractivity contribution is -0.230. The average molecular weight is 469 g/mol. The summed E-state index contributed by atoms with van der Waals surface area (Å²) in [5, 5.41) is 0. The number of carbonyl (C=O) groups is 1. The highest BCUT2D eigenvalue weighted by molar-refractivity contribution is 5.67. The molecule has 0 saturated heterocycles. The average Bonchev–Trinajstić information content (AvgIpc) is 3.08. The van der Waals surface area contributed by atoms with Gasteiger partial charge in [-0.1, -0.05) is 55.4 Å². The summed E-state index contributed by atoms with van der Waals surface area (Å²) in [5.41, 5.74) is 1.67. The Hall–Kier alpha value is -0.790. The van der Waals surface area contributed by atoms with Crippen LogP contribution in [0.4, 0.5) is 0 Å². The van der Waals surface area contributed by atoms with Crippen LogP contribution >= 0.6 is 0 Å². The van der Waals surface area contributed by atoms with Crippen LogP contribution in [0.5, 0.6) is 0 Å². The summed E-state index contributed by atoms with van der Waals surface area (Å²) in [6.07, 6.45) is 14.6. The largest absolute Gasteiger partial charge is 0.431 e. The molecule has 4 fully saturated rings. The minimum absolute atomic E-state index is 0.0723. The van der Waals surface area contributed by atoms with Gasteiger partial charge in [0.1, 0.15) is 5.76 Å². The zero-order chi connectivity index (χ0) is 24.9. The third kappa shape index (κ3) is 3.08. The van der Waals surface area contributed by atoms with Gasteiger partial charge in [-0.05, 0) is 121 Å². The van der Waals surface area contributed by atoms with Gasteiger partial charge in [0.25, 0.3) is 0 Å². The van der Waals surface area contributed by atoms with Gasteiger partial charge >= 0.3 is 5.97 Å². The van der Waals surface area contributed by atoms with E-state index in [0.717, 1.165) is 41.8 Å². The van der Waals surface area contributed by atoms with E-state index in [1.165, 1.54) is 51.4 Å². The molecule has 0 N–H and O–H groups in total. The van der Waals surface area contributed by atoms with Crippen LogP contribution in [0.1, 0.15) is 120 Å². The molecule has 34 heavy (non-hydrogen) atoms. The van der Waals surface area contributed by atoms with Crippen molar-refractivity contribution in [2.75, 3.05) is 0 Å². The Kier molecular flexibility index (Phi) is 5.57. The van der Waals surface area contributed by atoms with Gasteiger partial charge in [-0.3, -0.25) is 4.79 Å². The number of hydrogen-bond acceptors (Lipinski definition) is 2. The summed E-state index contributed by atoms with van der Waals surface area (Å²) in [6, 6.07) is 0. The monoisotopic (exact) mass is 468 g/mol. The minimum atomic E-state index is -0.168. The van der Waals surface area contributed by atoms with Gasteiger partial charge in [0.15, 0.2) is 0 Å². The van der Waals surface area contributed by atoms with Crippen LogP contribution in [-0.4, -0.2) is 5.97 Å². The van der Waals surface area contributed by atoms with Crippen molar-refractivity contribution in [3.8, 4) is 0 Å². The molecule has 5 aliphatic rings. The Bertz CT molecular complexity index is 883. The van der Waals surface area contributed by atoms with E-state index in [1.807, 2.05) is 0 Å². The highest BCUT2D eigenvalue weighted by Gasteiger charge is 2.70. The number of esters is 1. The van der Waals surface area contributed by atoms with Crippen LogP contribution in [0.3, 0.4) is 0 Å². The van der Waals surface area contributed by atoms with E-state index in [2.05, 4.69) is 61.5 Å². The summed E-state index contributed by atoms with van der Waals surface area (Å²) in [6.45, 7) is 22.0. The van der Waals surface area contributed by atoms with Crippen molar-refractivity contribution in [1.82, 2.24) is 0 Å². The van der Waals surface area contributed by atoms with Crippen LogP contribution in [0.2, 0.25) is 0 Å². The molecule has 2 heteroatoms. The van der Waals surface area contributed by atoms with E-state index in [-0.39, 0.29) is 11.4 Å². The molecule has 0 heterocycles. The van der Waals surface area contributed by atoms with Gasteiger partial charge in [-0.25, -0.2) is 0 Å². The van der Waals surface area contributed by atoms with Gasteiger partial charge in [-0.2, -0.15) is 0 Å². The summed E-state index contributed by atoms with van der Waals surface area (Å²) in [4.78, 5) is 11.8. The minimum Gasteiger partial charge on any atom is -0.431 e. The number of ether oxygens (including phenoxy) is 1. The van der Waals surface area contributed by atoms with Gasteiger partial charge in [0, 0.05) is 12.3 Å². The smallest absolute Gasteiger partial charge is 0.307 e. The quantitative estimate of drug-likeness (QED) is 0.378. The second kappa shape index (κ2) is 7.61. The van der Waals surface area contributed by atoms with E-state index < -0.39 is 0 Å². The van der Waals surface area contributed by atoms with Crippen LogP contribution in [0.15, 0.2) is 11.8 Å². The lowest BCUT2D eigenvalue weighted by atomic mass is 9.32. The lowest BCUT2D eigenvalue weighted by Gasteiger charge is -2.72. The first kappa shape index (κ1) is 24.9. The number of rotatable bonds is 2. The van der Waals surface area contributed by atoms with Crippen molar-refractivity contribution >= 4 is 5.97 Å². The van der Waals surface area contributed by atoms with Gasteiger partial charge in [0.05, 0.1) is 0 Å². The molecule has 0 amide bonds. The molecular weight excluding hydrogens is 416 g/mol. The number of hydrogen-bond donors (Lipinski definition) is 0. The molecule has 0 radical (unpaired) electrons. The van der Waals surface area contributed by atoms with Crippen molar-refractivity contribution < 1.29 is 9.53 Å². The van der Waals surface area contributed by atoms with E-state index in [1.54, 1.807) is 6.92 Å². The van der Waals surface area contributed by atoms with E-state index in [9.17, 15) is 4.79 Å². The van der Waals surface area contributed by atoms with Crippen molar-refractivity contribution in [2.24, 2.45) is 62.6 Å². The van der Waals surface area contributed by atoms with Crippen LogP contribution < -0.4 is 0 Å². The molecule has 0 bridgehead atoms. The molecule has 192 valence electrons. The Balaban J connectivity index is 1.52. The zero-order valence-corrected chi connectivity index (χ0v) is 23.7. The third-order valence-corrected chi connectivity index (χ3v) is 13.5. The Labute approximate surface area is 210 Å². The second-order valence-corrected chi connectivity index (χ2v) is 15.4. The van der Waals surface area contributed by atoms with Crippen LogP contribution in [0, 0.1) is 62.6 Å². The van der Waals surface area contributed by atoms with Crippen LogP contribution in [0.25, 0.3) is 0 Å². The molecule has 4 saturated carbocycles. The van der Waals surface area contributed by atoms with Crippen molar-refractivity contribution in [3.05, 3.63) is 11.8 Å². The number of fused-ring (bicyclic) bond motifs is 7. The van der Waals surface area contributed by atoms with Crippen LogP contribution in [-0.2, 0) is 9.53 Å². The zero-order valence-electron chi connectivity index (χ0n) is 23.7. The molecule has 0 aliphatic heterocycles. The fourth-order valence-electron chi connectivity index (χ4n) is 11.7. The van der Waals surface area contributed by atoms with Crippen molar-refractivity contribution in [2.45, 2.75) is 120 Å². The SMILES string of the molecule is CC(=O)OC1=CC[C@]2(C)C3CC[C@@H]4[C@H]5[C@H](C(C)C)CC[C@]5(C)CC[C@@]4(C)[C@]3(C)CC[C@H]2C1(C)C. The van der Waals surface area contributed by atoms with E-state index in [0.29, 0.717) is 27.6 Å². The highest BCUT2D eigenvalue weighted by atomic mass is 16.5. The lowest BCUT2D eigenvalue weighted by Crippen LogP contribution is -2.65. The Morgan fingerprint density at radius 3 is 2.24 bits per heavy atom. The van der Waals surface area contributed by atoms with Crippen molar-refractivity contribution in [3.63, 3.8) is 0 Å². The molecule has 5 rings (SSSR count). The predicted molar refractivity (Wildman–Crippen MR) is 140 cm³/mol. The topological polar surface area (TPSA) is 26.3 Å². The predicted octanol–water partition coefficient (Wildman–Crippen LogP) is 8.80. The molecule has 0 aromatic carbocycles. The summed E-state index contributed by atoms with van der Waals surface area (Å²) in [7, 11) is 0. The first-order valence-corrected chi connectivity index (χ1v) is 14.6. The molecule has 2 nitrogen and oxygen atoms in total. The summed E-state index contributed by atoms with van der Waals surface area (Å²) >= 11 is 0. The first-order valence-electron chi connectivity index (χ1n) is 14.6. The highest BCUT2D eigenvalue weighted by Crippen LogP contribution is 2.77. The Morgan fingerprint density at radius 2 is 1.59 bits per heavy atom. The molecule has 0 aromatic rings. The normalized spacial score (nSPS) is 51.6. The van der Waals surface area contributed by atoms with E-state index >= 15 is 0 Å². The number of allylic oxidation sites excluding steroid dienone is 2. The van der Waals surface area contributed by atoms with Gasteiger partial charge in [0.2, 0.25) is 0 Å². The van der Waals surface area contributed by atoms with Crippen molar-refractivity contribution in [1.29, 1.82) is 0 Å². The standard InChI is InChI=1S/C32H52O2/c1-20(2)22-12-15-29(6)18-19-31(8)23(27(22)29)10-11-25-30(7)16-14-26(34-21(3)33)28(4,5)24(30)13-17-32(25,31)9/h14,20,22-25,27H,10-13,15-19H2,1-9H3/t22-,23+,24-,25?,27+,29+,30-,31+,32+/m0/s1. The van der Waals surface area contributed by atoms with Gasteiger partial charge < -0.3 is 4.74 Å². The third-order valence-electron chi connectivity index (χ3n) is 13.5. The second-order valence-electron chi connectivity index (χ2n) is 15.4. The molecule has 9 atom stereocenters. The Morgan fingerprint density at radius 1 is 0.882 bits per heavy atom. The summed E-state index contributed by atoms with van der Waals surface area (Å²) in [5.74, 6) is 5.67. The molecular formula is C32H52O2. The maximum absolute atomic E-state index is 11.8. The number of carbonyl (C=O) groups excluding carboxylic acids is 1. The molecule has 1 unspecified atom stereocenters. The van der Waals surface area contributed by atoms with Gasteiger partial charge in [-0.15, -0.1) is 0 Å². The summed E-state index contributed by atoms with van der Waals surface area (Å²) < 4.78 is 5.78. The first-order chi connectivity index (χ1) is 15.7. The van der Waals surface area contributed by atoms with E-state index in [4.69, 9.17) is 4.74 Å². The maximum atomic E-state index is 11.8. The molecule has 5 aliphatic carbocycles. The molecule has 0 spiro atoms. The fourth-order valence-corrected chi connectivity index (χ4v) is 11.7. The fraction of sp³-hybridized carbons (Fsp3) is 0.906.